The Morgan fingerprint density at radius 3 is 2.70 bits per heavy atom. The van der Waals surface area contributed by atoms with Crippen LogP contribution in [0.1, 0.15) is 15.9 Å². The molecule has 2 aromatic carbocycles. The van der Waals surface area contributed by atoms with Crippen LogP contribution in [-0.4, -0.2) is 20.0 Å². The molecule has 0 saturated heterocycles. The number of halogens is 2. The number of nitriles is 1. The van der Waals surface area contributed by atoms with Crippen LogP contribution in [0.3, 0.4) is 0 Å². The van der Waals surface area contributed by atoms with E-state index in [1.807, 2.05) is 0 Å². The van der Waals surface area contributed by atoms with E-state index in [1.54, 1.807) is 6.07 Å². The molecule has 0 radical (unpaired) electrons. The molecule has 0 unspecified atom stereocenters. The monoisotopic (exact) mass is 395 g/mol. The van der Waals surface area contributed by atoms with Gasteiger partial charge in [-0.2, -0.15) is 5.26 Å². The van der Waals surface area contributed by atoms with Crippen molar-refractivity contribution in [3.8, 4) is 17.6 Å². The molecule has 2 aromatic rings. The summed E-state index contributed by atoms with van der Waals surface area (Å²) in [6.45, 7) is 0. The van der Waals surface area contributed by atoms with Gasteiger partial charge < -0.3 is 4.74 Å². The summed E-state index contributed by atoms with van der Waals surface area (Å²) in [7, 11) is -3.62. The van der Waals surface area contributed by atoms with Gasteiger partial charge in [-0.3, -0.25) is 4.79 Å². The number of hydrogen-bond donors (Lipinski definition) is 0. The molecule has 0 aliphatic carbocycles. The van der Waals surface area contributed by atoms with E-state index in [2.05, 4.69) is 15.9 Å². The number of carbonyl (C=O) groups excluding carboxylic acids is 1. The second kappa shape index (κ2) is 5.44. The number of carbonyl (C=O) groups is 1. The van der Waals surface area contributed by atoms with Crippen molar-refractivity contribution in [2.75, 3.05) is 5.75 Å². The highest BCUT2D eigenvalue weighted by Crippen LogP contribution is 2.39. The number of nitrogens with zero attached hydrogens (tertiary/aromatic N) is 1. The Labute approximate surface area is 139 Å². The number of ketones is 1. The van der Waals surface area contributed by atoms with Gasteiger partial charge in [-0.25, -0.2) is 12.8 Å². The van der Waals surface area contributed by atoms with E-state index in [0.717, 1.165) is 12.1 Å². The first-order valence-electron chi connectivity index (χ1n) is 6.29. The van der Waals surface area contributed by atoms with Crippen LogP contribution in [0, 0.1) is 17.1 Å². The number of rotatable bonds is 2. The molecule has 1 heterocycles. The fraction of sp³-hybridized carbons (Fsp3) is 0.0667. The van der Waals surface area contributed by atoms with E-state index < -0.39 is 27.2 Å². The summed E-state index contributed by atoms with van der Waals surface area (Å²) >= 11 is 3.17. The van der Waals surface area contributed by atoms with E-state index in [4.69, 9.17) is 10.00 Å². The van der Waals surface area contributed by atoms with Gasteiger partial charge in [-0.1, -0.05) is 0 Å². The summed E-state index contributed by atoms with van der Waals surface area (Å²) in [4.78, 5) is 11.8. The SMILES string of the molecule is N#Cc1cc(F)cc(Oc2ccc3c(c2Br)C(=O)CS3(=O)=O)c1. The van der Waals surface area contributed by atoms with Crippen molar-refractivity contribution in [3.05, 3.63) is 51.7 Å². The second-order valence-corrected chi connectivity index (χ2v) is 7.57. The Balaban J connectivity index is 2.07. The Morgan fingerprint density at radius 2 is 2.00 bits per heavy atom. The molecule has 0 spiro atoms. The zero-order valence-electron chi connectivity index (χ0n) is 11.3. The van der Waals surface area contributed by atoms with Crippen LogP contribution >= 0.6 is 15.9 Å². The van der Waals surface area contributed by atoms with Crippen molar-refractivity contribution >= 4 is 31.6 Å². The number of fused-ring (bicyclic) bond motifs is 1. The van der Waals surface area contributed by atoms with E-state index >= 15 is 0 Å². The fourth-order valence-corrected chi connectivity index (χ4v) is 4.50. The first-order chi connectivity index (χ1) is 10.8. The molecule has 0 amide bonds. The third-order valence-corrected chi connectivity index (χ3v) is 5.67. The zero-order chi connectivity index (χ0) is 16.8. The van der Waals surface area contributed by atoms with E-state index in [0.29, 0.717) is 0 Å². The third-order valence-electron chi connectivity index (χ3n) is 3.23. The number of benzene rings is 2. The lowest BCUT2D eigenvalue weighted by molar-refractivity contribution is 0.102. The first-order valence-corrected chi connectivity index (χ1v) is 8.73. The minimum absolute atomic E-state index is 0.0272. The maximum Gasteiger partial charge on any atom is 0.186 e. The third kappa shape index (κ3) is 2.73. The lowest BCUT2D eigenvalue weighted by Gasteiger charge is -2.10. The van der Waals surface area contributed by atoms with Crippen LogP contribution < -0.4 is 4.74 Å². The minimum Gasteiger partial charge on any atom is -0.456 e. The summed E-state index contributed by atoms with van der Waals surface area (Å²) in [5.74, 6) is -1.54. The van der Waals surface area contributed by atoms with Crippen molar-refractivity contribution in [3.63, 3.8) is 0 Å². The number of sulfone groups is 1. The van der Waals surface area contributed by atoms with Crippen LogP contribution in [0.5, 0.6) is 11.5 Å². The quantitative estimate of drug-likeness (QED) is 0.779. The average molecular weight is 396 g/mol. The second-order valence-electron chi connectivity index (χ2n) is 4.82. The van der Waals surface area contributed by atoms with Gasteiger partial charge in [0.05, 0.1) is 26.6 Å². The fourth-order valence-electron chi connectivity index (χ4n) is 2.27. The average Bonchev–Trinajstić information content (AvgIpc) is 2.71. The molecular weight excluding hydrogens is 389 g/mol. The van der Waals surface area contributed by atoms with Crippen molar-refractivity contribution in [2.24, 2.45) is 0 Å². The molecule has 0 atom stereocenters. The summed E-state index contributed by atoms with van der Waals surface area (Å²) in [5.41, 5.74) is 0.107. The smallest absolute Gasteiger partial charge is 0.186 e. The molecule has 0 aromatic heterocycles. The van der Waals surface area contributed by atoms with Gasteiger partial charge in [0, 0.05) is 6.07 Å². The molecule has 23 heavy (non-hydrogen) atoms. The van der Waals surface area contributed by atoms with Gasteiger partial charge in [-0.15, -0.1) is 0 Å². The topological polar surface area (TPSA) is 84.2 Å². The normalized spacial score (nSPS) is 15.1. The van der Waals surface area contributed by atoms with Gasteiger partial charge in [0.2, 0.25) is 0 Å². The molecule has 1 aliphatic rings. The lowest BCUT2D eigenvalue weighted by Crippen LogP contribution is -2.03. The molecule has 0 bridgehead atoms. The van der Waals surface area contributed by atoms with E-state index in [9.17, 15) is 17.6 Å². The van der Waals surface area contributed by atoms with Gasteiger partial charge in [0.15, 0.2) is 15.6 Å². The molecular formula is C15H7BrFNO4S. The number of ether oxygens (including phenoxy) is 1. The Bertz CT molecular complexity index is 995. The summed E-state index contributed by atoms with van der Waals surface area (Å²) < 4.78 is 42.8. The van der Waals surface area contributed by atoms with Crippen molar-refractivity contribution in [1.82, 2.24) is 0 Å². The van der Waals surface area contributed by atoms with Crippen molar-refractivity contribution in [2.45, 2.75) is 4.90 Å². The molecule has 3 rings (SSSR count). The molecule has 1 aliphatic heterocycles. The molecule has 0 saturated carbocycles. The van der Waals surface area contributed by atoms with Gasteiger partial charge in [0.25, 0.3) is 0 Å². The standard InChI is InChI=1S/C15H7BrFNO4S/c16-15-12(22-10-4-8(6-18)3-9(17)5-10)1-2-13-14(15)11(19)7-23(13,20)21/h1-5H,7H2. The highest BCUT2D eigenvalue weighted by molar-refractivity contribution is 9.10. The van der Waals surface area contributed by atoms with Crippen LogP contribution in [-0.2, 0) is 9.84 Å². The summed E-state index contributed by atoms with van der Waals surface area (Å²) in [6.07, 6.45) is 0. The molecule has 116 valence electrons. The van der Waals surface area contributed by atoms with E-state index in [-0.39, 0.29) is 32.0 Å². The molecule has 5 nitrogen and oxygen atoms in total. The number of hydrogen-bond acceptors (Lipinski definition) is 5. The summed E-state index contributed by atoms with van der Waals surface area (Å²) in [6, 6.07) is 7.93. The minimum atomic E-state index is -3.62. The largest absolute Gasteiger partial charge is 0.456 e. The maximum atomic E-state index is 13.4. The van der Waals surface area contributed by atoms with Crippen LogP contribution in [0.25, 0.3) is 0 Å². The van der Waals surface area contributed by atoms with E-state index in [1.165, 1.54) is 18.2 Å². The highest BCUT2D eigenvalue weighted by Gasteiger charge is 2.36. The highest BCUT2D eigenvalue weighted by atomic mass is 79.9. The maximum absolute atomic E-state index is 13.4. The Kier molecular flexibility index (Phi) is 3.70. The van der Waals surface area contributed by atoms with Crippen LogP contribution in [0.2, 0.25) is 0 Å². The van der Waals surface area contributed by atoms with Gasteiger partial charge in [-0.05, 0) is 40.2 Å². The summed E-state index contributed by atoms with van der Waals surface area (Å²) in [5, 5.41) is 8.83. The van der Waals surface area contributed by atoms with Crippen LogP contribution in [0.15, 0.2) is 39.7 Å². The number of Topliss-reactive ketones (excluding diaryl/α,β-unsaturated/α-hetero) is 1. The van der Waals surface area contributed by atoms with Crippen LogP contribution in [0.4, 0.5) is 4.39 Å². The first kappa shape index (κ1) is 15.6. The van der Waals surface area contributed by atoms with Crippen molar-refractivity contribution < 1.29 is 22.3 Å². The molecule has 0 N–H and O–H groups in total. The Hall–Kier alpha value is -2.24. The van der Waals surface area contributed by atoms with Gasteiger partial charge in [0.1, 0.15) is 23.1 Å². The predicted octanol–water partition coefficient (Wildman–Crippen LogP) is 3.22. The predicted molar refractivity (Wildman–Crippen MR) is 81.7 cm³/mol. The molecule has 0 fully saturated rings. The lowest BCUT2D eigenvalue weighted by atomic mass is 10.1. The van der Waals surface area contributed by atoms with Crippen molar-refractivity contribution in [1.29, 1.82) is 5.26 Å². The Morgan fingerprint density at radius 1 is 1.26 bits per heavy atom. The molecule has 8 heteroatoms. The van der Waals surface area contributed by atoms with Gasteiger partial charge >= 0.3 is 0 Å². The zero-order valence-corrected chi connectivity index (χ0v) is 13.7.